The van der Waals surface area contributed by atoms with E-state index < -0.39 is 0 Å². The van der Waals surface area contributed by atoms with Crippen LogP contribution in [0.1, 0.15) is 37.7 Å². The van der Waals surface area contributed by atoms with Crippen LogP contribution in [0.15, 0.2) is 22.7 Å². The minimum atomic E-state index is -0.304. The van der Waals surface area contributed by atoms with Crippen molar-refractivity contribution in [2.24, 2.45) is 0 Å². The number of carbonyl (C=O) groups excluding carboxylic acids is 1. The molecule has 1 saturated heterocycles. The first-order chi connectivity index (χ1) is 9.15. The van der Waals surface area contributed by atoms with E-state index in [2.05, 4.69) is 15.9 Å². The highest BCUT2D eigenvalue weighted by Crippen LogP contribution is 2.21. The number of Topliss-reactive ketones (excluding diaryl/α,β-unsaturated/α-hetero) is 1. The fraction of sp³-hybridized carbons (Fsp3) is 0.533. The average Bonchev–Trinajstić information content (AvgIpc) is 2.42. The Hall–Kier alpha value is -0.740. The summed E-state index contributed by atoms with van der Waals surface area (Å²) in [6, 6.07) is 4.44. The lowest BCUT2D eigenvalue weighted by atomic mass is 10.0. The van der Waals surface area contributed by atoms with Crippen LogP contribution in [0.2, 0.25) is 0 Å². The lowest BCUT2D eigenvalue weighted by Crippen LogP contribution is -2.20. The Bertz CT molecular complexity index is 442. The van der Waals surface area contributed by atoms with Crippen LogP contribution in [-0.2, 0) is 16.0 Å². The van der Waals surface area contributed by atoms with E-state index in [4.69, 9.17) is 4.74 Å². The van der Waals surface area contributed by atoms with Gasteiger partial charge < -0.3 is 4.74 Å². The molecule has 1 atom stereocenters. The fourth-order valence-electron chi connectivity index (χ4n) is 2.34. The van der Waals surface area contributed by atoms with Crippen LogP contribution in [0, 0.1) is 5.82 Å². The van der Waals surface area contributed by atoms with Gasteiger partial charge in [-0.25, -0.2) is 4.39 Å². The second-order valence-corrected chi connectivity index (χ2v) is 5.83. The van der Waals surface area contributed by atoms with Crippen LogP contribution in [0.25, 0.3) is 0 Å². The van der Waals surface area contributed by atoms with E-state index >= 15 is 0 Å². The SMILES string of the molecule is O=C(CCC1CCCCO1)Cc1cc(F)ccc1Br. The molecule has 0 saturated carbocycles. The van der Waals surface area contributed by atoms with Gasteiger partial charge in [0.1, 0.15) is 11.6 Å². The number of carbonyl (C=O) groups is 1. The van der Waals surface area contributed by atoms with Crippen molar-refractivity contribution < 1.29 is 13.9 Å². The van der Waals surface area contributed by atoms with E-state index in [-0.39, 0.29) is 24.1 Å². The molecule has 19 heavy (non-hydrogen) atoms. The lowest BCUT2D eigenvalue weighted by molar-refractivity contribution is -0.119. The second-order valence-electron chi connectivity index (χ2n) is 4.98. The molecule has 1 fully saturated rings. The predicted molar refractivity (Wildman–Crippen MR) is 75.6 cm³/mol. The molecule has 0 N–H and O–H groups in total. The molecule has 0 amide bonds. The third-order valence-corrected chi connectivity index (χ3v) is 4.19. The number of hydrogen-bond donors (Lipinski definition) is 0. The Morgan fingerprint density at radius 3 is 3.00 bits per heavy atom. The van der Waals surface area contributed by atoms with E-state index in [0.717, 1.165) is 35.9 Å². The summed E-state index contributed by atoms with van der Waals surface area (Å²) in [6.07, 6.45) is 5.17. The fourth-order valence-corrected chi connectivity index (χ4v) is 2.72. The Kier molecular flexibility index (Phi) is 5.52. The summed E-state index contributed by atoms with van der Waals surface area (Å²) in [7, 11) is 0. The summed E-state index contributed by atoms with van der Waals surface area (Å²) in [5, 5.41) is 0. The van der Waals surface area contributed by atoms with Gasteiger partial charge in [0.05, 0.1) is 6.10 Å². The van der Waals surface area contributed by atoms with Crippen LogP contribution >= 0.6 is 15.9 Å². The van der Waals surface area contributed by atoms with Crippen molar-refractivity contribution in [1.82, 2.24) is 0 Å². The van der Waals surface area contributed by atoms with Crippen molar-refractivity contribution in [3.8, 4) is 0 Å². The van der Waals surface area contributed by atoms with Crippen molar-refractivity contribution in [1.29, 1.82) is 0 Å². The maximum Gasteiger partial charge on any atom is 0.137 e. The van der Waals surface area contributed by atoms with Gasteiger partial charge in [0.2, 0.25) is 0 Å². The minimum Gasteiger partial charge on any atom is -0.378 e. The van der Waals surface area contributed by atoms with Gasteiger partial charge in [0.25, 0.3) is 0 Å². The zero-order valence-corrected chi connectivity index (χ0v) is 12.4. The molecule has 2 nitrogen and oxygen atoms in total. The van der Waals surface area contributed by atoms with Crippen LogP contribution in [0.4, 0.5) is 4.39 Å². The molecule has 1 aliphatic heterocycles. The Morgan fingerprint density at radius 1 is 1.42 bits per heavy atom. The molecule has 1 unspecified atom stereocenters. The van der Waals surface area contributed by atoms with Crippen molar-refractivity contribution in [2.75, 3.05) is 6.61 Å². The van der Waals surface area contributed by atoms with Crippen molar-refractivity contribution in [2.45, 2.75) is 44.6 Å². The van der Waals surface area contributed by atoms with Gasteiger partial charge in [-0.3, -0.25) is 4.79 Å². The number of ether oxygens (including phenoxy) is 1. The summed E-state index contributed by atoms with van der Waals surface area (Å²) in [6.45, 7) is 0.814. The predicted octanol–water partition coefficient (Wildman–Crippen LogP) is 4.05. The monoisotopic (exact) mass is 328 g/mol. The zero-order chi connectivity index (χ0) is 13.7. The summed E-state index contributed by atoms with van der Waals surface area (Å²) in [5.74, 6) is -0.165. The molecule has 0 spiro atoms. The van der Waals surface area contributed by atoms with Crippen LogP contribution in [-0.4, -0.2) is 18.5 Å². The van der Waals surface area contributed by atoms with Crippen LogP contribution in [0.3, 0.4) is 0 Å². The number of halogens is 2. The van der Waals surface area contributed by atoms with Gasteiger partial charge in [-0.15, -0.1) is 0 Å². The lowest BCUT2D eigenvalue weighted by Gasteiger charge is -2.22. The Labute approximate surface area is 121 Å². The number of hydrogen-bond acceptors (Lipinski definition) is 2. The van der Waals surface area contributed by atoms with Crippen molar-refractivity contribution in [3.05, 3.63) is 34.1 Å². The summed E-state index contributed by atoms with van der Waals surface area (Å²) in [5.41, 5.74) is 0.717. The first-order valence-electron chi connectivity index (χ1n) is 6.72. The molecule has 1 aromatic carbocycles. The number of rotatable bonds is 5. The first kappa shape index (κ1) is 14.7. The smallest absolute Gasteiger partial charge is 0.137 e. The second kappa shape index (κ2) is 7.15. The molecule has 1 aromatic rings. The van der Waals surface area contributed by atoms with Crippen LogP contribution in [0.5, 0.6) is 0 Å². The normalized spacial score (nSPS) is 19.4. The molecular formula is C15H18BrFO2. The highest BCUT2D eigenvalue weighted by Gasteiger charge is 2.16. The zero-order valence-electron chi connectivity index (χ0n) is 10.8. The van der Waals surface area contributed by atoms with Gasteiger partial charge >= 0.3 is 0 Å². The third-order valence-electron chi connectivity index (χ3n) is 3.41. The molecule has 0 radical (unpaired) electrons. The highest BCUT2D eigenvalue weighted by molar-refractivity contribution is 9.10. The van der Waals surface area contributed by atoms with Gasteiger partial charge in [-0.2, -0.15) is 0 Å². The maximum absolute atomic E-state index is 13.1. The molecule has 0 bridgehead atoms. The topological polar surface area (TPSA) is 26.3 Å². The molecular weight excluding hydrogens is 311 g/mol. The van der Waals surface area contributed by atoms with E-state index in [0.29, 0.717) is 6.42 Å². The minimum absolute atomic E-state index is 0.139. The third kappa shape index (κ3) is 4.69. The molecule has 0 aliphatic carbocycles. The summed E-state index contributed by atoms with van der Waals surface area (Å²) >= 11 is 3.34. The first-order valence-corrected chi connectivity index (χ1v) is 7.51. The van der Waals surface area contributed by atoms with Gasteiger partial charge in [0, 0.05) is 23.9 Å². The molecule has 1 heterocycles. The largest absolute Gasteiger partial charge is 0.378 e. The van der Waals surface area contributed by atoms with Crippen molar-refractivity contribution in [3.63, 3.8) is 0 Å². The number of benzene rings is 1. The molecule has 4 heteroatoms. The van der Waals surface area contributed by atoms with Crippen LogP contribution < -0.4 is 0 Å². The Balaban J connectivity index is 1.81. The van der Waals surface area contributed by atoms with E-state index in [1.54, 1.807) is 6.07 Å². The van der Waals surface area contributed by atoms with E-state index in [1.807, 2.05) is 0 Å². The van der Waals surface area contributed by atoms with Gasteiger partial charge in [-0.05, 0) is 49.4 Å². The maximum atomic E-state index is 13.1. The Morgan fingerprint density at radius 2 is 2.26 bits per heavy atom. The molecule has 1 aliphatic rings. The van der Waals surface area contributed by atoms with Crippen molar-refractivity contribution >= 4 is 21.7 Å². The average molecular weight is 329 g/mol. The molecule has 2 rings (SSSR count). The van der Waals surface area contributed by atoms with E-state index in [1.165, 1.54) is 18.6 Å². The highest BCUT2D eigenvalue weighted by atomic mass is 79.9. The van der Waals surface area contributed by atoms with Gasteiger partial charge in [0.15, 0.2) is 0 Å². The van der Waals surface area contributed by atoms with E-state index in [9.17, 15) is 9.18 Å². The number of ketones is 1. The quantitative estimate of drug-likeness (QED) is 0.815. The molecule has 104 valence electrons. The molecule has 0 aromatic heterocycles. The summed E-state index contributed by atoms with van der Waals surface area (Å²) in [4.78, 5) is 11.9. The van der Waals surface area contributed by atoms with Gasteiger partial charge in [-0.1, -0.05) is 15.9 Å². The standard InChI is InChI=1S/C15H18BrFO2/c16-15-7-4-12(17)9-11(15)10-13(18)5-6-14-3-1-2-8-19-14/h4,7,9,14H,1-3,5-6,8,10H2. The summed E-state index contributed by atoms with van der Waals surface area (Å²) < 4.78 is 19.5.